The number of carbonyl (C=O) groups is 1. The number of amides is 1. The molecule has 172 valence electrons. The van der Waals surface area contributed by atoms with E-state index in [2.05, 4.69) is 43.9 Å². The molecule has 8 nitrogen and oxygen atoms in total. The van der Waals surface area contributed by atoms with Gasteiger partial charge in [0.15, 0.2) is 0 Å². The van der Waals surface area contributed by atoms with Gasteiger partial charge in [-0.25, -0.2) is 14.4 Å². The SMILES string of the molecule is C=CC(=O)Nc1cc(Oc2ncnc3[nH]c(-c4ccccc4N4CCOCC4)cc23)ccc1F. The number of fused-ring (bicyclic) bond motifs is 1. The van der Waals surface area contributed by atoms with Crippen LogP contribution in [-0.4, -0.2) is 47.2 Å². The van der Waals surface area contributed by atoms with Gasteiger partial charge in [0, 0.05) is 36.1 Å². The van der Waals surface area contributed by atoms with E-state index >= 15 is 0 Å². The molecule has 0 radical (unpaired) electrons. The van der Waals surface area contributed by atoms with E-state index in [-0.39, 0.29) is 5.69 Å². The predicted molar refractivity (Wildman–Crippen MR) is 128 cm³/mol. The number of aromatic nitrogens is 3. The number of morpholine rings is 1. The number of anilines is 2. The Morgan fingerprint density at radius 2 is 2.00 bits per heavy atom. The molecule has 5 rings (SSSR count). The summed E-state index contributed by atoms with van der Waals surface area (Å²) in [6, 6.07) is 14.2. The van der Waals surface area contributed by atoms with E-state index in [1.165, 1.54) is 24.5 Å². The van der Waals surface area contributed by atoms with Gasteiger partial charge in [0.1, 0.15) is 23.5 Å². The van der Waals surface area contributed by atoms with Crippen molar-refractivity contribution in [2.45, 2.75) is 0 Å². The highest BCUT2D eigenvalue weighted by Gasteiger charge is 2.18. The number of para-hydroxylation sites is 1. The number of halogens is 1. The van der Waals surface area contributed by atoms with Gasteiger partial charge < -0.3 is 24.7 Å². The number of aromatic amines is 1. The second-order valence-electron chi connectivity index (χ2n) is 7.68. The van der Waals surface area contributed by atoms with E-state index in [1.807, 2.05) is 18.2 Å². The minimum atomic E-state index is -0.584. The summed E-state index contributed by atoms with van der Waals surface area (Å²) in [7, 11) is 0. The summed E-state index contributed by atoms with van der Waals surface area (Å²) in [4.78, 5) is 25.9. The van der Waals surface area contributed by atoms with Gasteiger partial charge in [-0.3, -0.25) is 4.79 Å². The Morgan fingerprint density at radius 1 is 1.18 bits per heavy atom. The number of nitrogens with one attached hydrogen (secondary N) is 2. The molecule has 1 amide bonds. The van der Waals surface area contributed by atoms with Crippen molar-refractivity contribution in [3.63, 3.8) is 0 Å². The van der Waals surface area contributed by atoms with E-state index in [0.717, 1.165) is 36.1 Å². The topological polar surface area (TPSA) is 92.4 Å². The summed E-state index contributed by atoms with van der Waals surface area (Å²) < 4.78 is 25.5. The lowest BCUT2D eigenvalue weighted by Crippen LogP contribution is -2.36. The second-order valence-corrected chi connectivity index (χ2v) is 7.68. The Balaban J connectivity index is 1.49. The molecule has 1 fully saturated rings. The number of nitrogens with zero attached hydrogens (tertiary/aromatic N) is 3. The van der Waals surface area contributed by atoms with Gasteiger partial charge in [-0.2, -0.15) is 0 Å². The van der Waals surface area contributed by atoms with Gasteiger partial charge in [-0.05, 0) is 30.3 Å². The molecular weight excluding hydrogens is 437 g/mol. The maximum atomic E-state index is 14.1. The second kappa shape index (κ2) is 9.32. The quantitative estimate of drug-likeness (QED) is 0.412. The van der Waals surface area contributed by atoms with Gasteiger partial charge >= 0.3 is 0 Å². The minimum Gasteiger partial charge on any atom is -0.438 e. The molecule has 0 spiro atoms. The molecule has 0 unspecified atom stereocenters. The van der Waals surface area contributed by atoms with Crippen molar-refractivity contribution < 1.29 is 18.7 Å². The molecule has 1 aliphatic heterocycles. The molecule has 3 heterocycles. The van der Waals surface area contributed by atoms with E-state index < -0.39 is 11.7 Å². The van der Waals surface area contributed by atoms with E-state index in [0.29, 0.717) is 35.9 Å². The standard InChI is InChI=1S/C25H22FN5O3/c1-2-23(32)29-21-13-16(7-8-19(21)26)34-25-18-14-20(30-24(18)27-15-28-25)17-5-3-4-6-22(17)31-9-11-33-12-10-31/h2-8,13-15H,1,9-12H2,(H,29,32)(H,27,28,30). The summed E-state index contributed by atoms with van der Waals surface area (Å²) in [6.45, 7) is 6.40. The summed E-state index contributed by atoms with van der Waals surface area (Å²) >= 11 is 0. The molecule has 0 bridgehead atoms. The summed E-state index contributed by atoms with van der Waals surface area (Å²) in [5, 5.41) is 3.10. The highest BCUT2D eigenvalue weighted by molar-refractivity contribution is 5.99. The van der Waals surface area contributed by atoms with Gasteiger partial charge in [0.25, 0.3) is 0 Å². The van der Waals surface area contributed by atoms with Crippen molar-refractivity contribution in [1.82, 2.24) is 15.0 Å². The fourth-order valence-corrected chi connectivity index (χ4v) is 3.88. The van der Waals surface area contributed by atoms with Crippen molar-refractivity contribution in [3.8, 4) is 22.9 Å². The number of H-pyrrole nitrogens is 1. The summed E-state index contributed by atoms with van der Waals surface area (Å²) in [6.07, 6.45) is 2.47. The molecule has 1 saturated heterocycles. The normalized spacial score (nSPS) is 13.6. The van der Waals surface area contributed by atoms with Crippen LogP contribution in [0.4, 0.5) is 15.8 Å². The highest BCUT2D eigenvalue weighted by atomic mass is 19.1. The molecule has 9 heteroatoms. The zero-order valence-corrected chi connectivity index (χ0v) is 18.3. The Bertz CT molecular complexity index is 1360. The third kappa shape index (κ3) is 4.33. The first kappa shape index (κ1) is 21.6. The molecule has 0 atom stereocenters. The van der Waals surface area contributed by atoms with Crippen LogP contribution in [0.1, 0.15) is 0 Å². The van der Waals surface area contributed by atoms with Crippen LogP contribution in [0.15, 0.2) is 67.5 Å². The lowest BCUT2D eigenvalue weighted by molar-refractivity contribution is -0.111. The average molecular weight is 459 g/mol. The maximum Gasteiger partial charge on any atom is 0.247 e. The molecule has 34 heavy (non-hydrogen) atoms. The zero-order valence-electron chi connectivity index (χ0n) is 18.3. The van der Waals surface area contributed by atoms with Gasteiger partial charge in [0.2, 0.25) is 11.8 Å². The molecule has 2 N–H and O–H groups in total. The van der Waals surface area contributed by atoms with Crippen molar-refractivity contribution in [1.29, 1.82) is 0 Å². The fourth-order valence-electron chi connectivity index (χ4n) is 3.88. The Morgan fingerprint density at radius 3 is 2.82 bits per heavy atom. The van der Waals surface area contributed by atoms with Gasteiger partial charge in [-0.15, -0.1) is 0 Å². The van der Waals surface area contributed by atoms with Crippen molar-refractivity contribution in [3.05, 3.63) is 73.3 Å². The Hall–Kier alpha value is -4.24. The predicted octanol–water partition coefficient (Wildman–Crippen LogP) is 4.52. The minimum absolute atomic E-state index is 0.0121. The van der Waals surface area contributed by atoms with Crippen LogP contribution in [0.3, 0.4) is 0 Å². The summed E-state index contributed by atoms with van der Waals surface area (Å²) in [5.41, 5.74) is 3.61. The third-order valence-corrected chi connectivity index (χ3v) is 5.53. The number of ether oxygens (including phenoxy) is 2. The smallest absolute Gasteiger partial charge is 0.247 e. The van der Waals surface area contributed by atoms with Crippen LogP contribution in [0, 0.1) is 5.82 Å². The number of hydrogen-bond acceptors (Lipinski definition) is 6. The Labute approximate surface area is 195 Å². The average Bonchev–Trinajstić information content (AvgIpc) is 3.32. The van der Waals surface area contributed by atoms with Gasteiger partial charge in [-0.1, -0.05) is 24.8 Å². The molecular formula is C25H22FN5O3. The summed E-state index contributed by atoms with van der Waals surface area (Å²) in [5.74, 6) is -0.477. The molecule has 2 aromatic carbocycles. The first-order valence-corrected chi connectivity index (χ1v) is 10.8. The lowest BCUT2D eigenvalue weighted by Gasteiger charge is -2.30. The van der Waals surface area contributed by atoms with Crippen LogP contribution < -0.4 is 15.0 Å². The van der Waals surface area contributed by atoms with Crippen molar-refractivity contribution in [2.75, 3.05) is 36.5 Å². The number of benzene rings is 2. The van der Waals surface area contributed by atoms with E-state index in [4.69, 9.17) is 9.47 Å². The number of carbonyl (C=O) groups excluding carboxylic acids is 1. The van der Waals surface area contributed by atoms with E-state index in [9.17, 15) is 9.18 Å². The zero-order chi connectivity index (χ0) is 23.5. The van der Waals surface area contributed by atoms with Gasteiger partial charge in [0.05, 0.1) is 24.3 Å². The molecule has 1 aliphatic rings. The van der Waals surface area contributed by atoms with E-state index in [1.54, 1.807) is 0 Å². The monoisotopic (exact) mass is 459 g/mol. The van der Waals surface area contributed by atoms with Crippen molar-refractivity contribution in [2.24, 2.45) is 0 Å². The molecule has 0 aliphatic carbocycles. The molecule has 4 aromatic rings. The van der Waals surface area contributed by atoms with Crippen LogP contribution in [0.2, 0.25) is 0 Å². The first-order chi connectivity index (χ1) is 16.6. The van der Waals surface area contributed by atoms with Crippen molar-refractivity contribution >= 4 is 28.3 Å². The molecule has 0 saturated carbocycles. The maximum absolute atomic E-state index is 14.1. The highest BCUT2D eigenvalue weighted by Crippen LogP contribution is 2.35. The first-order valence-electron chi connectivity index (χ1n) is 10.8. The number of rotatable bonds is 6. The fraction of sp³-hybridized carbons (Fsp3) is 0.160. The van der Waals surface area contributed by atoms with Crippen LogP contribution in [0.25, 0.3) is 22.3 Å². The van der Waals surface area contributed by atoms with Crippen LogP contribution >= 0.6 is 0 Å². The number of hydrogen-bond donors (Lipinski definition) is 2. The largest absolute Gasteiger partial charge is 0.438 e. The molecule has 2 aromatic heterocycles. The van der Waals surface area contributed by atoms with Crippen LogP contribution in [-0.2, 0) is 9.53 Å². The Kier molecular flexibility index (Phi) is 5.92. The lowest BCUT2D eigenvalue weighted by atomic mass is 10.1. The third-order valence-electron chi connectivity index (χ3n) is 5.53. The van der Waals surface area contributed by atoms with Crippen LogP contribution in [0.5, 0.6) is 11.6 Å².